The summed E-state index contributed by atoms with van der Waals surface area (Å²) in [6, 6.07) is 13.7. The standard InChI is InChI=1S/C25H23N3O6S/c1-14-21(24(31)33-3)22(16-7-5-4-6-8-16)28-23(30)19(35-25(28)27-14)12-15-9-10-17(18(11-15)32-2)34-13-20(26)29/h4-12,22H,13H2,1-3H3,(H2,26,29)/b19-12-/t22-/m0/s1. The zero-order valence-electron chi connectivity index (χ0n) is 19.3. The van der Waals surface area contributed by atoms with Gasteiger partial charge in [-0.2, -0.15) is 0 Å². The number of hydrogen-bond donors (Lipinski definition) is 1. The number of amides is 1. The lowest BCUT2D eigenvalue weighted by Gasteiger charge is -2.24. The van der Waals surface area contributed by atoms with Gasteiger partial charge in [0.2, 0.25) is 0 Å². The third kappa shape index (κ3) is 4.73. The Morgan fingerprint density at radius 1 is 1.14 bits per heavy atom. The lowest BCUT2D eigenvalue weighted by molar-refractivity contribution is -0.136. The van der Waals surface area contributed by atoms with Crippen LogP contribution in [0.5, 0.6) is 11.5 Å². The van der Waals surface area contributed by atoms with Gasteiger partial charge in [-0.05, 0) is 36.3 Å². The van der Waals surface area contributed by atoms with Gasteiger partial charge in [-0.25, -0.2) is 9.79 Å². The molecule has 2 aromatic carbocycles. The van der Waals surface area contributed by atoms with E-state index in [1.54, 1.807) is 31.2 Å². The predicted molar refractivity (Wildman–Crippen MR) is 130 cm³/mol. The number of fused-ring (bicyclic) bond motifs is 1. The van der Waals surface area contributed by atoms with Crippen molar-refractivity contribution in [3.63, 3.8) is 0 Å². The van der Waals surface area contributed by atoms with E-state index in [2.05, 4.69) is 4.99 Å². The van der Waals surface area contributed by atoms with E-state index in [0.29, 0.717) is 37.7 Å². The second kappa shape index (κ2) is 9.98. The summed E-state index contributed by atoms with van der Waals surface area (Å²) >= 11 is 1.22. The van der Waals surface area contributed by atoms with Crippen LogP contribution in [0.1, 0.15) is 24.1 Å². The molecule has 1 aliphatic rings. The Morgan fingerprint density at radius 2 is 1.89 bits per heavy atom. The highest BCUT2D eigenvalue weighted by molar-refractivity contribution is 7.07. The third-order valence-corrected chi connectivity index (χ3v) is 6.38. The molecule has 1 amide bonds. The molecule has 4 rings (SSSR count). The van der Waals surface area contributed by atoms with Crippen molar-refractivity contribution in [1.82, 2.24) is 4.57 Å². The molecule has 0 fully saturated rings. The lowest BCUT2D eigenvalue weighted by Crippen LogP contribution is -2.39. The first-order valence-corrected chi connectivity index (χ1v) is 11.4. The SMILES string of the molecule is COC(=O)C1=C(C)N=c2s/c(=C\c3ccc(OCC(N)=O)c(OC)c3)c(=O)n2[C@H]1c1ccccc1. The van der Waals surface area contributed by atoms with Gasteiger partial charge in [0, 0.05) is 0 Å². The zero-order chi connectivity index (χ0) is 25.1. The number of aromatic nitrogens is 1. The Morgan fingerprint density at radius 3 is 2.54 bits per heavy atom. The van der Waals surface area contributed by atoms with Crippen molar-refractivity contribution >= 4 is 29.3 Å². The van der Waals surface area contributed by atoms with Crippen LogP contribution in [0.15, 0.2) is 69.6 Å². The van der Waals surface area contributed by atoms with Gasteiger partial charge in [0.1, 0.15) is 0 Å². The van der Waals surface area contributed by atoms with E-state index in [1.165, 1.54) is 30.1 Å². The molecule has 0 spiro atoms. The number of nitrogens with two attached hydrogens (primary N) is 1. The van der Waals surface area contributed by atoms with E-state index in [4.69, 9.17) is 19.9 Å². The zero-order valence-corrected chi connectivity index (χ0v) is 20.1. The fourth-order valence-corrected chi connectivity index (χ4v) is 4.88. The number of thiazole rings is 1. The van der Waals surface area contributed by atoms with Gasteiger partial charge >= 0.3 is 5.97 Å². The van der Waals surface area contributed by atoms with Gasteiger partial charge in [-0.1, -0.05) is 47.7 Å². The van der Waals surface area contributed by atoms with Crippen LogP contribution in [-0.4, -0.2) is 37.3 Å². The number of methoxy groups -OCH3 is 2. The number of carbonyl (C=O) groups excluding carboxylic acids is 2. The molecule has 0 unspecified atom stereocenters. The number of hydrogen-bond acceptors (Lipinski definition) is 8. The van der Waals surface area contributed by atoms with Crippen molar-refractivity contribution in [1.29, 1.82) is 0 Å². The largest absolute Gasteiger partial charge is 0.493 e. The van der Waals surface area contributed by atoms with Gasteiger partial charge in [-0.15, -0.1) is 0 Å². The monoisotopic (exact) mass is 493 g/mol. The maximum absolute atomic E-state index is 13.6. The van der Waals surface area contributed by atoms with Crippen molar-refractivity contribution in [2.45, 2.75) is 13.0 Å². The van der Waals surface area contributed by atoms with E-state index in [9.17, 15) is 14.4 Å². The van der Waals surface area contributed by atoms with E-state index in [-0.39, 0.29) is 12.2 Å². The van der Waals surface area contributed by atoms with Crippen LogP contribution in [0.3, 0.4) is 0 Å². The van der Waals surface area contributed by atoms with Crippen LogP contribution < -0.4 is 30.1 Å². The van der Waals surface area contributed by atoms with Crippen molar-refractivity contribution in [2.75, 3.05) is 20.8 Å². The van der Waals surface area contributed by atoms with Crippen LogP contribution in [0, 0.1) is 0 Å². The molecule has 1 aromatic heterocycles. The average Bonchev–Trinajstić information content (AvgIpc) is 3.16. The molecular weight excluding hydrogens is 470 g/mol. The van der Waals surface area contributed by atoms with Crippen LogP contribution in [0.4, 0.5) is 0 Å². The molecule has 10 heteroatoms. The Hall–Kier alpha value is -4.18. The Labute approximate surface area is 204 Å². The predicted octanol–water partition coefficient (Wildman–Crippen LogP) is 1.28. The van der Waals surface area contributed by atoms with Gasteiger partial charge in [0.05, 0.1) is 36.1 Å². The van der Waals surface area contributed by atoms with Crippen molar-refractivity contribution in [3.05, 3.63) is 90.6 Å². The second-order valence-electron chi connectivity index (χ2n) is 7.65. The maximum atomic E-state index is 13.6. The molecule has 2 heterocycles. The smallest absolute Gasteiger partial charge is 0.338 e. The highest BCUT2D eigenvalue weighted by Crippen LogP contribution is 2.31. The fourth-order valence-electron chi connectivity index (χ4n) is 3.84. The minimum atomic E-state index is -0.666. The van der Waals surface area contributed by atoms with Crippen LogP contribution >= 0.6 is 11.3 Å². The molecule has 3 aromatic rings. The molecule has 0 aliphatic carbocycles. The summed E-state index contributed by atoms with van der Waals surface area (Å²) in [4.78, 5) is 42.3. The molecule has 1 aliphatic heterocycles. The first-order chi connectivity index (χ1) is 16.8. The van der Waals surface area contributed by atoms with Crippen molar-refractivity contribution in [2.24, 2.45) is 10.7 Å². The van der Waals surface area contributed by atoms with Crippen molar-refractivity contribution < 1.29 is 23.8 Å². The molecule has 35 heavy (non-hydrogen) atoms. The Kier molecular flexibility index (Phi) is 6.83. The molecular formula is C25H23N3O6S. The van der Waals surface area contributed by atoms with Crippen LogP contribution in [0.25, 0.3) is 6.08 Å². The van der Waals surface area contributed by atoms with Gasteiger partial charge in [-0.3, -0.25) is 14.2 Å². The van der Waals surface area contributed by atoms with E-state index in [1.807, 2.05) is 30.3 Å². The molecule has 0 saturated carbocycles. The number of rotatable bonds is 7. The summed E-state index contributed by atoms with van der Waals surface area (Å²) in [5, 5.41) is 0. The summed E-state index contributed by atoms with van der Waals surface area (Å²) in [6.45, 7) is 1.45. The minimum absolute atomic E-state index is 0.282. The first kappa shape index (κ1) is 24.0. The number of esters is 1. The molecule has 2 N–H and O–H groups in total. The Bertz CT molecular complexity index is 1500. The maximum Gasteiger partial charge on any atom is 0.338 e. The molecule has 1 atom stereocenters. The highest BCUT2D eigenvalue weighted by Gasteiger charge is 2.32. The van der Waals surface area contributed by atoms with E-state index >= 15 is 0 Å². The van der Waals surface area contributed by atoms with Gasteiger partial charge < -0.3 is 19.9 Å². The topological polar surface area (TPSA) is 122 Å². The number of benzene rings is 2. The second-order valence-corrected chi connectivity index (χ2v) is 8.66. The number of primary amides is 1. The summed E-state index contributed by atoms with van der Waals surface area (Å²) < 4.78 is 17.7. The van der Waals surface area contributed by atoms with E-state index < -0.39 is 17.9 Å². The highest BCUT2D eigenvalue weighted by atomic mass is 32.1. The molecule has 180 valence electrons. The summed E-state index contributed by atoms with van der Waals surface area (Å²) in [5.74, 6) is -0.399. The van der Waals surface area contributed by atoms with Crippen molar-refractivity contribution in [3.8, 4) is 11.5 Å². The first-order valence-electron chi connectivity index (χ1n) is 10.6. The lowest BCUT2D eigenvalue weighted by atomic mass is 9.96. The molecule has 0 bridgehead atoms. The number of nitrogens with zero attached hydrogens (tertiary/aromatic N) is 2. The third-order valence-electron chi connectivity index (χ3n) is 5.40. The average molecular weight is 494 g/mol. The quantitative estimate of drug-likeness (QED) is 0.495. The van der Waals surface area contributed by atoms with Crippen LogP contribution in [0.2, 0.25) is 0 Å². The summed E-state index contributed by atoms with van der Waals surface area (Å²) in [5.41, 5.74) is 7.12. The van der Waals surface area contributed by atoms with E-state index in [0.717, 1.165) is 5.56 Å². The summed E-state index contributed by atoms with van der Waals surface area (Å²) in [7, 11) is 2.78. The summed E-state index contributed by atoms with van der Waals surface area (Å²) in [6.07, 6.45) is 1.71. The number of allylic oxidation sites excluding steroid dienone is 1. The van der Waals surface area contributed by atoms with Gasteiger partial charge in [0.15, 0.2) is 22.9 Å². The number of carbonyl (C=O) groups is 2. The normalized spacial score (nSPS) is 15.3. The van der Waals surface area contributed by atoms with Gasteiger partial charge in [0.25, 0.3) is 11.5 Å². The fraction of sp³-hybridized carbons (Fsp3) is 0.200. The molecule has 9 nitrogen and oxygen atoms in total. The molecule has 0 saturated heterocycles. The van der Waals surface area contributed by atoms with Crippen LogP contribution in [-0.2, 0) is 14.3 Å². The minimum Gasteiger partial charge on any atom is -0.493 e. The molecule has 0 radical (unpaired) electrons. The Balaban J connectivity index is 1.84. The number of ether oxygens (including phenoxy) is 3.